The van der Waals surface area contributed by atoms with Gasteiger partial charge in [0.2, 0.25) is 0 Å². The van der Waals surface area contributed by atoms with Gasteiger partial charge < -0.3 is 33.8 Å². The molecule has 0 aliphatic rings. The molecule has 0 rings (SSSR count). The number of hydrogen-bond donors (Lipinski definition) is 3. The molecule has 0 aliphatic carbocycles. The van der Waals surface area contributed by atoms with Gasteiger partial charge in [-0.25, -0.2) is 9.13 Å². The van der Waals surface area contributed by atoms with Crippen molar-refractivity contribution in [1.82, 2.24) is 0 Å². The molecule has 0 aromatic heterocycles. The third-order valence-corrected chi connectivity index (χ3v) is 20.0. The quantitative estimate of drug-likeness (QED) is 0.0222. The van der Waals surface area contributed by atoms with E-state index < -0.39 is 97.5 Å². The number of aliphatic hydroxyl groups excluding tert-OH is 1. The Morgan fingerprint density at radius 2 is 0.537 bits per heavy atom. The molecule has 0 radical (unpaired) electrons. The summed E-state index contributed by atoms with van der Waals surface area (Å²) in [6.45, 7) is 9.51. The second-order valence-corrected chi connectivity index (χ2v) is 31.0. The molecule has 3 N–H and O–H groups in total. The minimum absolute atomic E-state index is 0.104. The number of aliphatic hydroxyl groups is 1. The Labute approximate surface area is 581 Å². The van der Waals surface area contributed by atoms with E-state index in [0.29, 0.717) is 25.7 Å². The second-order valence-electron chi connectivity index (χ2n) is 28.1. The van der Waals surface area contributed by atoms with E-state index in [1.165, 1.54) is 205 Å². The highest BCUT2D eigenvalue weighted by Gasteiger charge is 2.30. The van der Waals surface area contributed by atoms with Crippen LogP contribution in [0.3, 0.4) is 0 Å². The van der Waals surface area contributed by atoms with Crippen LogP contribution in [-0.4, -0.2) is 96.7 Å². The third kappa shape index (κ3) is 69.0. The average molecular weight is 1400 g/mol. The van der Waals surface area contributed by atoms with Crippen LogP contribution in [0.15, 0.2) is 0 Å². The topological polar surface area (TPSA) is 237 Å². The van der Waals surface area contributed by atoms with E-state index in [9.17, 15) is 43.2 Å². The SMILES string of the molecule is CCCCCCCCCCCCCCCCCCCCCCCC(=O)O[C@H](COC(=O)CCCCCCCCCCCCCCCCC(C)CC)COP(=O)(O)OC[C@@H](O)COP(=O)(O)OC[C@@H](COC(=O)CCCCCCC)OC(=O)CCCCCCCCCCC(C)C. The van der Waals surface area contributed by atoms with Gasteiger partial charge in [-0.05, 0) is 37.5 Å². The fourth-order valence-electron chi connectivity index (χ4n) is 11.6. The van der Waals surface area contributed by atoms with Gasteiger partial charge in [0.25, 0.3) is 0 Å². The highest BCUT2D eigenvalue weighted by Crippen LogP contribution is 2.45. The lowest BCUT2D eigenvalue weighted by Gasteiger charge is -2.21. The van der Waals surface area contributed by atoms with E-state index in [1.54, 1.807) is 0 Å². The van der Waals surface area contributed by atoms with Gasteiger partial charge in [-0.1, -0.05) is 343 Å². The Morgan fingerprint density at radius 1 is 0.305 bits per heavy atom. The van der Waals surface area contributed by atoms with Crippen LogP contribution < -0.4 is 0 Å². The first-order chi connectivity index (χ1) is 45.9. The van der Waals surface area contributed by atoms with Gasteiger partial charge in [0.05, 0.1) is 26.4 Å². The van der Waals surface area contributed by atoms with Crippen LogP contribution in [0, 0.1) is 11.8 Å². The maximum absolute atomic E-state index is 13.1. The zero-order valence-electron chi connectivity index (χ0n) is 62.0. The molecule has 0 saturated carbocycles. The number of carbonyl (C=O) groups excluding carboxylic acids is 4. The van der Waals surface area contributed by atoms with Gasteiger partial charge in [-0.3, -0.25) is 37.3 Å². The predicted molar refractivity (Wildman–Crippen MR) is 386 cm³/mol. The standard InChI is InChI=1S/C76H148O17P2/c1-7-10-12-14-15-16-17-18-19-20-21-22-23-24-25-30-33-36-42-48-54-60-75(80)93-72(65-87-74(79)59-53-47-41-35-32-29-27-26-28-31-34-40-46-51-57-69(6)9-3)67-91-95(84,85)89-63-70(77)62-88-94(82,83)90-66-71(64-86-73(78)58-52-44-13-11-8-2)92-76(81)61-55-49-43-38-37-39-45-50-56-68(4)5/h68-72,77H,7-67H2,1-6H3,(H,82,83)(H,84,85)/t69?,70-,71+,72+/m0/s1. The van der Waals surface area contributed by atoms with Gasteiger partial charge in [-0.15, -0.1) is 0 Å². The number of unbranched alkanes of at least 4 members (excludes halogenated alkanes) is 44. The molecule has 6 atom stereocenters. The van der Waals surface area contributed by atoms with Gasteiger partial charge >= 0.3 is 39.5 Å². The Kier molecular flexibility index (Phi) is 66.5. The fraction of sp³-hybridized carbons (Fsp3) is 0.947. The summed E-state index contributed by atoms with van der Waals surface area (Å²) in [7, 11) is -9.90. The smallest absolute Gasteiger partial charge is 0.462 e. The van der Waals surface area contributed by atoms with Gasteiger partial charge in [0.1, 0.15) is 19.3 Å². The summed E-state index contributed by atoms with van der Waals surface area (Å²) in [5, 5.41) is 10.6. The van der Waals surface area contributed by atoms with Crippen LogP contribution in [0.25, 0.3) is 0 Å². The van der Waals surface area contributed by atoms with E-state index in [-0.39, 0.29) is 25.7 Å². The van der Waals surface area contributed by atoms with Crippen molar-refractivity contribution < 1.29 is 80.2 Å². The lowest BCUT2D eigenvalue weighted by Crippen LogP contribution is -2.30. The summed E-state index contributed by atoms with van der Waals surface area (Å²) in [6.07, 6.45) is 56.1. The first kappa shape index (κ1) is 93.1. The highest BCUT2D eigenvalue weighted by atomic mass is 31.2. The molecular formula is C76H148O17P2. The second kappa shape index (κ2) is 67.9. The van der Waals surface area contributed by atoms with E-state index in [2.05, 4.69) is 41.5 Å². The molecule has 0 spiro atoms. The normalized spacial score (nSPS) is 14.3. The minimum Gasteiger partial charge on any atom is -0.462 e. The summed E-state index contributed by atoms with van der Waals surface area (Å²) in [4.78, 5) is 72.5. The molecule has 0 fully saturated rings. The Bertz CT molecular complexity index is 1840. The van der Waals surface area contributed by atoms with Gasteiger partial charge in [0.15, 0.2) is 12.2 Å². The largest absolute Gasteiger partial charge is 0.472 e. The van der Waals surface area contributed by atoms with Crippen LogP contribution in [-0.2, 0) is 65.4 Å². The van der Waals surface area contributed by atoms with Crippen LogP contribution >= 0.6 is 15.6 Å². The Morgan fingerprint density at radius 3 is 0.800 bits per heavy atom. The monoisotopic (exact) mass is 1400 g/mol. The first-order valence-electron chi connectivity index (χ1n) is 39.5. The van der Waals surface area contributed by atoms with Gasteiger partial charge in [0, 0.05) is 25.7 Å². The maximum atomic E-state index is 13.1. The third-order valence-electron chi connectivity index (χ3n) is 18.1. The van der Waals surface area contributed by atoms with Crippen molar-refractivity contribution >= 4 is 39.5 Å². The summed E-state index contributed by atoms with van der Waals surface area (Å²) < 4.78 is 68.3. The highest BCUT2D eigenvalue weighted by molar-refractivity contribution is 7.47. The summed E-state index contributed by atoms with van der Waals surface area (Å²) in [5.41, 5.74) is 0. The zero-order chi connectivity index (χ0) is 70.0. The molecule has 0 amide bonds. The number of phosphoric ester groups is 2. The summed E-state index contributed by atoms with van der Waals surface area (Å²) in [5.74, 6) is -0.561. The van der Waals surface area contributed by atoms with Crippen molar-refractivity contribution in [3.63, 3.8) is 0 Å². The molecule has 0 heterocycles. The van der Waals surface area contributed by atoms with E-state index in [1.807, 2.05) is 0 Å². The molecule has 19 heteroatoms. The fourth-order valence-corrected chi connectivity index (χ4v) is 13.2. The number of phosphoric acid groups is 2. The molecule has 0 aliphatic heterocycles. The van der Waals surface area contributed by atoms with Crippen LogP contribution in [0.1, 0.15) is 395 Å². The molecule has 0 bridgehead atoms. The number of rotatable bonds is 75. The molecule has 0 aromatic rings. The lowest BCUT2D eigenvalue weighted by molar-refractivity contribution is -0.161. The molecule has 0 saturated heterocycles. The van der Waals surface area contributed by atoms with Crippen LogP contribution in [0.4, 0.5) is 0 Å². The van der Waals surface area contributed by atoms with Crippen LogP contribution in [0.2, 0.25) is 0 Å². The molecule has 17 nitrogen and oxygen atoms in total. The molecule has 95 heavy (non-hydrogen) atoms. The lowest BCUT2D eigenvalue weighted by atomic mass is 9.99. The van der Waals surface area contributed by atoms with Crippen molar-refractivity contribution in [1.29, 1.82) is 0 Å². The molecule has 3 unspecified atom stereocenters. The minimum atomic E-state index is -4.96. The Balaban J connectivity index is 5.12. The number of esters is 4. The van der Waals surface area contributed by atoms with E-state index in [0.717, 1.165) is 108 Å². The van der Waals surface area contributed by atoms with Crippen molar-refractivity contribution in [3.8, 4) is 0 Å². The van der Waals surface area contributed by atoms with Gasteiger partial charge in [-0.2, -0.15) is 0 Å². The van der Waals surface area contributed by atoms with E-state index in [4.69, 9.17) is 37.0 Å². The van der Waals surface area contributed by atoms with E-state index >= 15 is 0 Å². The predicted octanol–water partition coefficient (Wildman–Crippen LogP) is 22.3. The van der Waals surface area contributed by atoms with Crippen molar-refractivity contribution in [2.45, 2.75) is 413 Å². The molecule has 564 valence electrons. The molecular weight excluding hydrogens is 1250 g/mol. The first-order valence-corrected chi connectivity index (χ1v) is 42.5. The summed E-state index contributed by atoms with van der Waals surface area (Å²) in [6, 6.07) is 0. The average Bonchev–Trinajstić information content (AvgIpc) is 2.51. The molecule has 0 aromatic carbocycles. The van der Waals surface area contributed by atoms with Crippen molar-refractivity contribution in [2.24, 2.45) is 11.8 Å². The Hall–Kier alpha value is -1.94. The zero-order valence-corrected chi connectivity index (χ0v) is 63.8. The number of hydrogen-bond acceptors (Lipinski definition) is 15. The van der Waals surface area contributed by atoms with Crippen molar-refractivity contribution in [3.05, 3.63) is 0 Å². The number of ether oxygens (including phenoxy) is 4. The van der Waals surface area contributed by atoms with Crippen LogP contribution in [0.5, 0.6) is 0 Å². The summed E-state index contributed by atoms with van der Waals surface area (Å²) >= 11 is 0. The van der Waals surface area contributed by atoms with Crippen molar-refractivity contribution in [2.75, 3.05) is 39.6 Å². The number of carbonyl (C=O) groups is 4. The maximum Gasteiger partial charge on any atom is 0.472 e.